The average Bonchev–Trinajstić information content (AvgIpc) is 3.01. The molecule has 0 aliphatic carbocycles. The monoisotopic (exact) mass is 434 g/mol. The number of benzene rings is 1. The Balaban J connectivity index is 1.78. The van der Waals surface area contributed by atoms with Crippen LogP contribution in [0.3, 0.4) is 0 Å². The third kappa shape index (κ3) is 4.54. The number of amides is 1. The molecule has 1 aromatic heterocycles. The van der Waals surface area contributed by atoms with Crippen molar-refractivity contribution < 1.29 is 13.2 Å². The number of carbonyl (C=O) groups excluding carboxylic acids is 1. The van der Waals surface area contributed by atoms with E-state index in [-0.39, 0.29) is 10.8 Å². The Morgan fingerprint density at radius 2 is 1.80 bits per heavy atom. The van der Waals surface area contributed by atoms with Gasteiger partial charge in [-0.1, -0.05) is 27.7 Å². The molecule has 2 heterocycles. The van der Waals surface area contributed by atoms with E-state index in [9.17, 15) is 13.2 Å². The van der Waals surface area contributed by atoms with Crippen LogP contribution in [0.1, 0.15) is 46.4 Å². The summed E-state index contributed by atoms with van der Waals surface area (Å²) >= 11 is 0. The van der Waals surface area contributed by atoms with Gasteiger partial charge < -0.3 is 9.47 Å². The Bertz CT molecular complexity index is 1000. The molecule has 1 fully saturated rings. The summed E-state index contributed by atoms with van der Waals surface area (Å²) in [6, 6.07) is 5.09. The SMILES string of the molecule is CCN(CC)S(=O)(=O)c1ccc2c(c1)nc(CCC(=O)N1CC(C)CC(C)C1)n2C. The van der Waals surface area contributed by atoms with E-state index in [0.29, 0.717) is 43.3 Å². The molecule has 0 saturated carbocycles. The number of piperidine rings is 1. The van der Waals surface area contributed by atoms with Gasteiger partial charge >= 0.3 is 0 Å². The Labute approximate surface area is 180 Å². The lowest BCUT2D eigenvalue weighted by molar-refractivity contribution is -0.133. The van der Waals surface area contributed by atoms with Crippen molar-refractivity contribution in [3.63, 3.8) is 0 Å². The van der Waals surface area contributed by atoms with Crippen molar-refractivity contribution in [2.45, 2.75) is 51.9 Å². The summed E-state index contributed by atoms with van der Waals surface area (Å²) in [5.74, 6) is 2.05. The fraction of sp³-hybridized carbons (Fsp3) is 0.636. The molecule has 7 nitrogen and oxygen atoms in total. The molecule has 1 amide bonds. The lowest BCUT2D eigenvalue weighted by Crippen LogP contribution is -2.42. The molecule has 1 saturated heterocycles. The number of fused-ring (bicyclic) bond motifs is 1. The van der Waals surface area contributed by atoms with Crippen LogP contribution in [-0.2, 0) is 28.3 Å². The fourth-order valence-electron chi connectivity index (χ4n) is 4.57. The lowest BCUT2D eigenvalue weighted by Gasteiger charge is -2.35. The third-order valence-corrected chi connectivity index (χ3v) is 8.12. The number of aryl methyl sites for hydroxylation is 2. The summed E-state index contributed by atoms with van der Waals surface area (Å²) < 4.78 is 29.0. The highest BCUT2D eigenvalue weighted by molar-refractivity contribution is 7.89. The average molecular weight is 435 g/mol. The van der Waals surface area contributed by atoms with Crippen molar-refractivity contribution in [2.75, 3.05) is 26.2 Å². The van der Waals surface area contributed by atoms with Gasteiger partial charge in [0, 0.05) is 46.1 Å². The minimum Gasteiger partial charge on any atom is -0.342 e. The second-order valence-electron chi connectivity index (χ2n) is 8.57. The van der Waals surface area contributed by atoms with E-state index < -0.39 is 10.0 Å². The topological polar surface area (TPSA) is 75.5 Å². The predicted octanol–water partition coefficient (Wildman–Crippen LogP) is 3.04. The molecule has 8 heteroatoms. The fourth-order valence-corrected chi connectivity index (χ4v) is 6.05. The van der Waals surface area contributed by atoms with Crippen molar-refractivity contribution in [3.05, 3.63) is 24.0 Å². The lowest BCUT2D eigenvalue weighted by atomic mass is 9.91. The molecule has 1 aliphatic heterocycles. The molecule has 30 heavy (non-hydrogen) atoms. The van der Waals surface area contributed by atoms with E-state index >= 15 is 0 Å². The van der Waals surface area contributed by atoms with Gasteiger partial charge in [-0.05, 0) is 36.5 Å². The summed E-state index contributed by atoms with van der Waals surface area (Å²) in [5.41, 5.74) is 1.52. The number of carbonyl (C=O) groups is 1. The van der Waals surface area contributed by atoms with Gasteiger partial charge in [0.05, 0.1) is 15.9 Å². The highest BCUT2D eigenvalue weighted by atomic mass is 32.2. The number of nitrogens with zero attached hydrogens (tertiary/aromatic N) is 4. The molecule has 166 valence electrons. The number of aromatic nitrogens is 2. The molecule has 0 radical (unpaired) electrons. The molecule has 0 N–H and O–H groups in total. The second kappa shape index (κ2) is 9.06. The van der Waals surface area contributed by atoms with Gasteiger partial charge in [-0.25, -0.2) is 13.4 Å². The number of rotatable bonds is 7. The van der Waals surface area contributed by atoms with Crippen LogP contribution in [0.25, 0.3) is 11.0 Å². The maximum absolute atomic E-state index is 12.8. The van der Waals surface area contributed by atoms with E-state index in [4.69, 9.17) is 0 Å². The van der Waals surface area contributed by atoms with Gasteiger partial charge in [0.1, 0.15) is 5.82 Å². The quantitative estimate of drug-likeness (QED) is 0.671. The van der Waals surface area contributed by atoms with Crippen LogP contribution in [-0.4, -0.2) is 59.3 Å². The minimum absolute atomic E-state index is 0.172. The first-order valence-corrected chi connectivity index (χ1v) is 12.3. The third-order valence-electron chi connectivity index (χ3n) is 6.07. The Morgan fingerprint density at radius 3 is 2.40 bits per heavy atom. The van der Waals surface area contributed by atoms with Crippen molar-refractivity contribution in [1.82, 2.24) is 18.8 Å². The maximum atomic E-state index is 12.8. The van der Waals surface area contributed by atoms with Crippen LogP contribution < -0.4 is 0 Å². The largest absolute Gasteiger partial charge is 0.342 e. The molecule has 2 aromatic rings. The molecule has 0 spiro atoms. The number of likely N-dealkylation sites (tertiary alicyclic amines) is 1. The zero-order chi connectivity index (χ0) is 22.1. The van der Waals surface area contributed by atoms with Gasteiger partial charge in [-0.3, -0.25) is 4.79 Å². The van der Waals surface area contributed by atoms with E-state index in [0.717, 1.165) is 24.4 Å². The Morgan fingerprint density at radius 1 is 1.17 bits per heavy atom. The number of hydrogen-bond donors (Lipinski definition) is 0. The Kier molecular flexibility index (Phi) is 6.87. The van der Waals surface area contributed by atoms with E-state index in [1.54, 1.807) is 18.2 Å². The van der Waals surface area contributed by atoms with Crippen LogP contribution in [0, 0.1) is 11.8 Å². The molecule has 2 atom stereocenters. The standard InChI is InChI=1S/C22H34N4O3S/c1-6-26(7-2)30(28,29)18-8-9-20-19(13-18)23-21(24(20)5)10-11-22(27)25-14-16(3)12-17(4)15-25/h8-9,13,16-17H,6-7,10-12,14-15H2,1-5H3. The van der Waals surface area contributed by atoms with Crippen LogP contribution in [0.4, 0.5) is 0 Å². The van der Waals surface area contributed by atoms with Crippen molar-refractivity contribution in [3.8, 4) is 0 Å². The van der Waals surface area contributed by atoms with Crippen LogP contribution in [0.2, 0.25) is 0 Å². The first kappa shape index (κ1) is 22.7. The predicted molar refractivity (Wildman–Crippen MR) is 119 cm³/mol. The van der Waals surface area contributed by atoms with Gasteiger partial charge in [-0.15, -0.1) is 0 Å². The van der Waals surface area contributed by atoms with Crippen LogP contribution >= 0.6 is 0 Å². The molecular formula is C22H34N4O3S. The van der Waals surface area contributed by atoms with Crippen molar-refractivity contribution >= 4 is 27.0 Å². The second-order valence-corrected chi connectivity index (χ2v) is 10.5. The summed E-state index contributed by atoms with van der Waals surface area (Å²) in [6.07, 6.45) is 2.13. The van der Waals surface area contributed by atoms with Crippen LogP contribution in [0.5, 0.6) is 0 Å². The molecule has 3 rings (SSSR count). The van der Waals surface area contributed by atoms with E-state index in [1.165, 1.54) is 10.7 Å². The smallest absolute Gasteiger partial charge is 0.243 e. The summed E-state index contributed by atoms with van der Waals surface area (Å²) in [4.78, 5) is 19.6. The number of sulfonamides is 1. The molecular weight excluding hydrogens is 400 g/mol. The maximum Gasteiger partial charge on any atom is 0.243 e. The first-order chi connectivity index (χ1) is 14.2. The highest BCUT2D eigenvalue weighted by Gasteiger charge is 2.26. The van der Waals surface area contributed by atoms with Crippen molar-refractivity contribution in [1.29, 1.82) is 0 Å². The van der Waals surface area contributed by atoms with Gasteiger partial charge in [0.25, 0.3) is 0 Å². The van der Waals surface area contributed by atoms with E-state index in [2.05, 4.69) is 18.8 Å². The molecule has 1 aliphatic rings. The minimum atomic E-state index is -3.52. The highest BCUT2D eigenvalue weighted by Crippen LogP contribution is 2.24. The Hall–Kier alpha value is -1.93. The summed E-state index contributed by atoms with van der Waals surface area (Å²) in [6.45, 7) is 10.6. The van der Waals surface area contributed by atoms with Crippen molar-refractivity contribution in [2.24, 2.45) is 18.9 Å². The normalized spacial score (nSPS) is 20.3. The number of hydrogen-bond acceptors (Lipinski definition) is 4. The zero-order valence-electron chi connectivity index (χ0n) is 18.8. The summed E-state index contributed by atoms with van der Waals surface area (Å²) in [7, 11) is -1.61. The molecule has 2 unspecified atom stereocenters. The zero-order valence-corrected chi connectivity index (χ0v) is 19.6. The van der Waals surface area contributed by atoms with Gasteiger partial charge in [0.2, 0.25) is 15.9 Å². The van der Waals surface area contributed by atoms with E-state index in [1.807, 2.05) is 30.4 Å². The first-order valence-electron chi connectivity index (χ1n) is 10.9. The van der Waals surface area contributed by atoms with Gasteiger partial charge in [-0.2, -0.15) is 4.31 Å². The van der Waals surface area contributed by atoms with Gasteiger partial charge in [0.15, 0.2) is 0 Å². The summed E-state index contributed by atoms with van der Waals surface area (Å²) in [5, 5.41) is 0. The number of imidazole rings is 1. The molecule has 1 aromatic carbocycles. The molecule has 0 bridgehead atoms. The van der Waals surface area contributed by atoms with Crippen LogP contribution in [0.15, 0.2) is 23.1 Å².